The number of nitrogens with zero attached hydrogens (tertiary/aromatic N) is 1. The monoisotopic (exact) mass is 298 g/mol. The standard InChI is InChI=1S/C13H19ClN4O2/c1-8(2)5-17-12(19)7-18-13(20)9-4-11(15-3)16-6-10(9)14/h4,6,8H,5,7H2,1-3H3,(H,15,16)(H,17,19)(H,18,20). The summed E-state index contributed by atoms with van der Waals surface area (Å²) < 4.78 is 0. The Labute approximate surface area is 123 Å². The predicted octanol–water partition coefficient (Wildman–Crippen LogP) is 1.28. The van der Waals surface area contributed by atoms with Gasteiger partial charge < -0.3 is 16.0 Å². The van der Waals surface area contributed by atoms with Gasteiger partial charge in [0, 0.05) is 19.8 Å². The molecular formula is C13H19ClN4O2. The van der Waals surface area contributed by atoms with Gasteiger partial charge in [-0.15, -0.1) is 0 Å². The van der Waals surface area contributed by atoms with Crippen molar-refractivity contribution in [1.82, 2.24) is 15.6 Å². The first-order chi connectivity index (χ1) is 9.43. The third-order valence-electron chi connectivity index (χ3n) is 2.47. The lowest BCUT2D eigenvalue weighted by molar-refractivity contribution is -0.120. The highest BCUT2D eigenvalue weighted by molar-refractivity contribution is 6.33. The minimum Gasteiger partial charge on any atom is -0.373 e. The average Bonchev–Trinajstić information content (AvgIpc) is 2.43. The molecule has 20 heavy (non-hydrogen) atoms. The van der Waals surface area contributed by atoms with E-state index in [9.17, 15) is 9.59 Å². The molecule has 3 N–H and O–H groups in total. The number of hydrogen-bond acceptors (Lipinski definition) is 4. The van der Waals surface area contributed by atoms with Crippen LogP contribution in [0, 0.1) is 5.92 Å². The van der Waals surface area contributed by atoms with E-state index >= 15 is 0 Å². The Morgan fingerprint density at radius 3 is 2.65 bits per heavy atom. The Kier molecular flexibility index (Phi) is 6.24. The van der Waals surface area contributed by atoms with E-state index < -0.39 is 5.91 Å². The van der Waals surface area contributed by atoms with Gasteiger partial charge in [-0.2, -0.15) is 0 Å². The highest BCUT2D eigenvalue weighted by Gasteiger charge is 2.13. The summed E-state index contributed by atoms with van der Waals surface area (Å²) in [6.45, 7) is 4.48. The quantitative estimate of drug-likeness (QED) is 0.739. The summed E-state index contributed by atoms with van der Waals surface area (Å²) in [5.74, 6) is 0.256. The summed E-state index contributed by atoms with van der Waals surface area (Å²) in [5.41, 5.74) is 0.280. The molecule has 0 aliphatic rings. The van der Waals surface area contributed by atoms with Crippen LogP contribution in [0.1, 0.15) is 24.2 Å². The van der Waals surface area contributed by atoms with Gasteiger partial charge in [0.25, 0.3) is 5.91 Å². The fourth-order valence-electron chi connectivity index (χ4n) is 1.39. The summed E-state index contributed by atoms with van der Waals surface area (Å²) in [6.07, 6.45) is 1.39. The maximum absolute atomic E-state index is 11.9. The maximum Gasteiger partial charge on any atom is 0.253 e. The topological polar surface area (TPSA) is 83.1 Å². The molecule has 0 aliphatic carbocycles. The van der Waals surface area contributed by atoms with Gasteiger partial charge in [-0.3, -0.25) is 9.59 Å². The van der Waals surface area contributed by atoms with E-state index in [-0.39, 0.29) is 23.0 Å². The molecule has 0 fully saturated rings. The van der Waals surface area contributed by atoms with Crippen molar-refractivity contribution >= 4 is 29.2 Å². The second-order valence-corrected chi connectivity index (χ2v) is 5.09. The molecule has 1 heterocycles. The zero-order valence-electron chi connectivity index (χ0n) is 11.8. The first-order valence-electron chi connectivity index (χ1n) is 6.32. The first-order valence-corrected chi connectivity index (χ1v) is 6.70. The molecule has 0 spiro atoms. The Bertz CT molecular complexity index is 491. The first kappa shape index (κ1) is 16.2. The molecule has 0 radical (unpaired) electrons. The molecule has 110 valence electrons. The zero-order chi connectivity index (χ0) is 15.1. The molecule has 0 aliphatic heterocycles. The summed E-state index contributed by atoms with van der Waals surface area (Å²) in [5, 5.41) is 8.30. The van der Waals surface area contributed by atoms with Gasteiger partial charge in [0.05, 0.1) is 17.1 Å². The molecule has 0 saturated heterocycles. The van der Waals surface area contributed by atoms with Crippen LogP contribution < -0.4 is 16.0 Å². The van der Waals surface area contributed by atoms with Gasteiger partial charge >= 0.3 is 0 Å². The largest absolute Gasteiger partial charge is 0.373 e. The molecule has 1 aromatic rings. The number of amides is 2. The lowest BCUT2D eigenvalue weighted by atomic mass is 10.2. The van der Waals surface area contributed by atoms with E-state index in [0.717, 1.165) is 0 Å². The van der Waals surface area contributed by atoms with E-state index in [0.29, 0.717) is 18.3 Å². The van der Waals surface area contributed by atoms with Crippen molar-refractivity contribution in [2.45, 2.75) is 13.8 Å². The highest BCUT2D eigenvalue weighted by atomic mass is 35.5. The molecule has 1 aromatic heterocycles. The zero-order valence-corrected chi connectivity index (χ0v) is 12.5. The lowest BCUT2D eigenvalue weighted by Gasteiger charge is -2.10. The van der Waals surface area contributed by atoms with Gasteiger partial charge in [0.2, 0.25) is 5.91 Å². The van der Waals surface area contributed by atoms with Gasteiger partial charge in [-0.05, 0) is 12.0 Å². The number of nitrogens with one attached hydrogen (secondary N) is 3. The summed E-state index contributed by atoms with van der Waals surface area (Å²) >= 11 is 5.91. The predicted molar refractivity (Wildman–Crippen MR) is 79.0 cm³/mol. The number of anilines is 1. The van der Waals surface area contributed by atoms with Crippen molar-refractivity contribution in [2.24, 2.45) is 5.92 Å². The van der Waals surface area contributed by atoms with Crippen LogP contribution in [0.5, 0.6) is 0 Å². The van der Waals surface area contributed by atoms with Gasteiger partial charge in [0.1, 0.15) is 5.82 Å². The van der Waals surface area contributed by atoms with Crippen LogP contribution in [0.25, 0.3) is 0 Å². The number of aromatic nitrogens is 1. The van der Waals surface area contributed by atoms with Crippen LogP contribution in [-0.4, -0.2) is 36.9 Å². The van der Waals surface area contributed by atoms with E-state index in [2.05, 4.69) is 20.9 Å². The molecular weight excluding hydrogens is 280 g/mol. The summed E-state index contributed by atoms with van der Waals surface area (Å²) in [4.78, 5) is 27.4. The molecule has 0 saturated carbocycles. The van der Waals surface area contributed by atoms with Crippen molar-refractivity contribution in [1.29, 1.82) is 0 Å². The Morgan fingerprint density at radius 2 is 2.05 bits per heavy atom. The van der Waals surface area contributed by atoms with Crippen LogP contribution in [0.15, 0.2) is 12.3 Å². The molecule has 7 heteroatoms. The van der Waals surface area contributed by atoms with Crippen molar-refractivity contribution < 1.29 is 9.59 Å². The molecule has 6 nitrogen and oxygen atoms in total. The van der Waals surface area contributed by atoms with E-state index in [1.54, 1.807) is 7.05 Å². The molecule has 0 bridgehead atoms. The Hall–Kier alpha value is -1.82. The van der Waals surface area contributed by atoms with Crippen LogP contribution >= 0.6 is 11.6 Å². The average molecular weight is 299 g/mol. The Balaban J connectivity index is 2.56. The lowest BCUT2D eigenvalue weighted by Crippen LogP contribution is -2.38. The fourth-order valence-corrected chi connectivity index (χ4v) is 1.57. The van der Waals surface area contributed by atoms with Crippen LogP contribution in [-0.2, 0) is 4.79 Å². The number of pyridine rings is 1. The van der Waals surface area contributed by atoms with Crippen molar-refractivity contribution in [2.75, 3.05) is 25.5 Å². The second-order valence-electron chi connectivity index (χ2n) is 4.68. The number of hydrogen-bond donors (Lipinski definition) is 3. The number of carbonyl (C=O) groups is 2. The molecule has 0 unspecified atom stereocenters. The molecule has 1 rings (SSSR count). The van der Waals surface area contributed by atoms with Crippen molar-refractivity contribution in [3.05, 3.63) is 22.8 Å². The third-order valence-corrected chi connectivity index (χ3v) is 2.77. The second kappa shape index (κ2) is 7.69. The minimum atomic E-state index is -0.409. The van der Waals surface area contributed by atoms with E-state index in [1.807, 2.05) is 13.8 Å². The molecule has 0 atom stereocenters. The smallest absolute Gasteiger partial charge is 0.253 e. The fraction of sp³-hybridized carbons (Fsp3) is 0.462. The van der Waals surface area contributed by atoms with E-state index in [4.69, 9.17) is 11.6 Å². The number of rotatable bonds is 6. The minimum absolute atomic E-state index is 0.0842. The normalized spacial score (nSPS) is 10.2. The van der Waals surface area contributed by atoms with Crippen LogP contribution in [0.2, 0.25) is 5.02 Å². The maximum atomic E-state index is 11.9. The summed E-state index contributed by atoms with van der Waals surface area (Å²) in [6, 6.07) is 1.53. The van der Waals surface area contributed by atoms with Crippen LogP contribution in [0.4, 0.5) is 5.82 Å². The molecule has 2 amide bonds. The van der Waals surface area contributed by atoms with Gasteiger partial charge in [0.15, 0.2) is 0 Å². The SMILES string of the molecule is CNc1cc(C(=O)NCC(=O)NCC(C)C)c(Cl)cn1. The molecule has 0 aromatic carbocycles. The van der Waals surface area contributed by atoms with E-state index in [1.165, 1.54) is 12.3 Å². The Morgan fingerprint density at radius 1 is 1.35 bits per heavy atom. The van der Waals surface area contributed by atoms with Crippen molar-refractivity contribution in [3.63, 3.8) is 0 Å². The number of halogens is 1. The summed E-state index contributed by atoms with van der Waals surface area (Å²) in [7, 11) is 1.69. The van der Waals surface area contributed by atoms with Gasteiger partial charge in [-0.25, -0.2) is 4.98 Å². The van der Waals surface area contributed by atoms with Gasteiger partial charge in [-0.1, -0.05) is 25.4 Å². The van der Waals surface area contributed by atoms with Crippen molar-refractivity contribution in [3.8, 4) is 0 Å². The highest BCUT2D eigenvalue weighted by Crippen LogP contribution is 2.17. The number of carbonyl (C=O) groups excluding carboxylic acids is 2. The van der Waals surface area contributed by atoms with Crippen LogP contribution in [0.3, 0.4) is 0 Å². The third kappa shape index (κ3) is 5.05.